The molecule has 31 heavy (non-hydrogen) atoms. The van der Waals surface area contributed by atoms with E-state index in [-0.39, 0.29) is 29.2 Å². The summed E-state index contributed by atoms with van der Waals surface area (Å²) in [7, 11) is 0. The minimum absolute atomic E-state index is 0.121. The molecule has 4 heteroatoms. The largest absolute Gasteiger partial charge is 0.466 e. The van der Waals surface area contributed by atoms with Crippen molar-refractivity contribution >= 4 is 11.8 Å². The van der Waals surface area contributed by atoms with Crippen LogP contribution in [-0.4, -0.2) is 29.6 Å². The van der Waals surface area contributed by atoms with Crippen molar-refractivity contribution in [1.29, 1.82) is 0 Å². The number of rotatable bonds is 4. The molecule has 0 aromatic rings. The molecule has 3 saturated carbocycles. The van der Waals surface area contributed by atoms with Gasteiger partial charge in [-0.3, -0.25) is 9.59 Å². The molecule has 3 fully saturated rings. The highest BCUT2D eigenvalue weighted by Crippen LogP contribution is 2.66. The molecule has 4 aliphatic rings. The van der Waals surface area contributed by atoms with E-state index in [1.54, 1.807) is 0 Å². The van der Waals surface area contributed by atoms with Crippen LogP contribution in [0.3, 0.4) is 0 Å². The fourth-order valence-electron chi connectivity index (χ4n) is 8.67. The zero-order chi connectivity index (χ0) is 22.5. The minimum Gasteiger partial charge on any atom is -0.466 e. The van der Waals surface area contributed by atoms with Crippen LogP contribution in [0.15, 0.2) is 11.6 Å². The average molecular weight is 431 g/mol. The van der Waals surface area contributed by atoms with Gasteiger partial charge < -0.3 is 9.84 Å². The van der Waals surface area contributed by atoms with Crippen molar-refractivity contribution in [3.63, 3.8) is 0 Å². The number of ether oxygens (including phenoxy) is 1. The molecule has 0 saturated heterocycles. The summed E-state index contributed by atoms with van der Waals surface area (Å²) in [5.74, 6) is 3.37. The Morgan fingerprint density at radius 2 is 2.03 bits per heavy atom. The number of esters is 1. The Bertz CT molecular complexity index is 742. The van der Waals surface area contributed by atoms with Crippen LogP contribution >= 0.6 is 0 Å². The number of carbonyl (C=O) groups excluding carboxylic acids is 2. The zero-order valence-corrected chi connectivity index (χ0v) is 20.1. The van der Waals surface area contributed by atoms with Crippen LogP contribution in [0.1, 0.15) is 79.6 Å². The smallest absolute Gasteiger partial charge is 0.302 e. The third-order valence-electron chi connectivity index (χ3n) is 10.0. The van der Waals surface area contributed by atoms with Crippen molar-refractivity contribution in [2.75, 3.05) is 6.61 Å². The number of ketones is 1. The van der Waals surface area contributed by atoms with E-state index in [0.29, 0.717) is 54.5 Å². The first kappa shape index (κ1) is 23.0. The second kappa shape index (κ2) is 8.65. The van der Waals surface area contributed by atoms with Crippen molar-refractivity contribution in [1.82, 2.24) is 0 Å². The van der Waals surface area contributed by atoms with Crippen LogP contribution in [0, 0.1) is 52.8 Å². The van der Waals surface area contributed by atoms with Crippen LogP contribution in [0.25, 0.3) is 0 Å². The topological polar surface area (TPSA) is 63.6 Å². The molecule has 4 rings (SSSR count). The molecular weight excluding hydrogens is 388 g/mol. The molecule has 4 aliphatic carbocycles. The van der Waals surface area contributed by atoms with E-state index in [4.69, 9.17) is 4.74 Å². The first-order valence-corrected chi connectivity index (χ1v) is 12.7. The molecule has 0 bridgehead atoms. The Morgan fingerprint density at radius 3 is 2.71 bits per heavy atom. The number of hydrogen-bond acceptors (Lipinski definition) is 4. The maximum Gasteiger partial charge on any atom is 0.302 e. The summed E-state index contributed by atoms with van der Waals surface area (Å²) in [6.07, 6.45) is 8.78. The summed E-state index contributed by atoms with van der Waals surface area (Å²) in [6.45, 7) is 11.2. The SMILES string of the molecule is CC[C@H]1C2=CC(=O)CC[C@@H](C)C2C2CC[C@@]3(C)C(CC[C@@H]3[C@H](C)COC(C)=O)C2[C@@H]1O. The van der Waals surface area contributed by atoms with E-state index in [0.717, 1.165) is 25.7 Å². The molecule has 0 aromatic carbocycles. The summed E-state index contributed by atoms with van der Waals surface area (Å²) in [4.78, 5) is 23.8. The van der Waals surface area contributed by atoms with Crippen molar-refractivity contribution in [2.45, 2.75) is 85.7 Å². The fourth-order valence-corrected chi connectivity index (χ4v) is 8.67. The van der Waals surface area contributed by atoms with Gasteiger partial charge in [0.2, 0.25) is 0 Å². The zero-order valence-electron chi connectivity index (χ0n) is 20.1. The molecule has 0 heterocycles. The summed E-state index contributed by atoms with van der Waals surface area (Å²) >= 11 is 0. The summed E-state index contributed by atoms with van der Waals surface area (Å²) < 4.78 is 5.38. The van der Waals surface area contributed by atoms with Crippen LogP contribution < -0.4 is 0 Å². The van der Waals surface area contributed by atoms with E-state index in [1.807, 2.05) is 6.08 Å². The maximum atomic E-state index is 12.5. The molecule has 174 valence electrons. The van der Waals surface area contributed by atoms with Gasteiger partial charge in [-0.05, 0) is 91.4 Å². The lowest BCUT2D eigenvalue weighted by Crippen LogP contribution is -2.55. The lowest BCUT2D eigenvalue weighted by Gasteiger charge is -2.58. The normalized spacial score (nSPS) is 45.6. The van der Waals surface area contributed by atoms with Crippen LogP contribution in [0.4, 0.5) is 0 Å². The number of allylic oxidation sites excluding steroid dienone is 1. The van der Waals surface area contributed by atoms with Gasteiger partial charge in [0.25, 0.3) is 0 Å². The van der Waals surface area contributed by atoms with Crippen LogP contribution in [-0.2, 0) is 14.3 Å². The van der Waals surface area contributed by atoms with Crippen LogP contribution in [0.5, 0.6) is 0 Å². The average Bonchev–Trinajstić information content (AvgIpc) is 2.99. The second-order valence-electron chi connectivity index (χ2n) is 11.5. The molecular formula is C27H42O4. The molecule has 0 spiro atoms. The van der Waals surface area contributed by atoms with Gasteiger partial charge in [0, 0.05) is 19.3 Å². The first-order chi connectivity index (χ1) is 14.7. The van der Waals surface area contributed by atoms with Gasteiger partial charge in [-0.25, -0.2) is 0 Å². The molecule has 0 amide bonds. The minimum atomic E-state index is -0.345. The van der Waals surface area contributed by atoms with E-state index in [9.17, 15) is 14.7 Å². The van der Waals surface area contributed by atoms with Gasteiger partial charge in [-0.1, -0.05) is 33.3 Å². The van der Waals surface area contributed by atoms with Gasteiger partial charge >= 0.3 is 5.97 Å². The van der Waals surface area contributed by atoms with Crippen molar-refractivity contribution in [3.8, 4) is 0 Å². The van der Waals surface area contributed by atoms with E-state index in [2.05, 4.69) is 27.7 Å². The highest BCUT2D eigenvalue weighted by molar-refractivity contribution is 5.90. The lowest BCUT2D eigenvalue weighted by atomic mass is 9.47. The number of aliphatic hydroxyl groups excluding tert-OH is 1. The standard InChI is InChI=1S/C27H42O4/c1-6-19-21-13-18(29)8-7-15(2)24(21)20-11-12-27(5)22(16(3)14-31-17(4)28)9-10-23(27)25(20)26(19)30/h13,15-16,19-20,22-26,30H,6-12,14H2,1-5H3/t15-,16-,19+,20?,22-,23?,24?,25?,26-,27-/m1/s1. The first-order valence-electron chi connectivity index (χ1n) is 12.7. The third kappa shape index (κ3) is 3.81. The molecule has 4 unspecified atom stereocenters. The second-order valence-corrected chi connectivity index (χ2v) is 11.5. The van der Waals surface area contributed by atoms with Crippen LogP contribution in [0.2, 0.25) is 0 Å². The Morgan fingerprint density at radius 1 is 1.29 bits per heavy atom. The predicted octanol–water partition coefficient (Wildman–Crippen LogP) is 5.19. The quantitative estimate of drug-likeness (QED) is 0.624. The number of aliphatic hydroxyl groups is 1. The lowest BCUT2D eigenvalue weighted by molar-refractivity contribution is -0.144. The molecule has 1 N–H and O–H groups in total. The number of fused-ring (bicyclic) bond motifs is 5. The number of carbonyl (C=O) groups is 2. The van der Waals surface area contributed by atoms with E-state index >= 15 is 0 Å². The third-order valence-corrected chi connectivity index (χ3v) is 10.0. The van der Waals surface area contributed by atoms with Crippen molar-refractivity contribution in [3.05, 3.63) is 11.6 Å². The maximum absolute atomic E-state index is 12.5. The highest BCUT2D eigenvalue weighted by atomic mass is 16.5. The van der Waals surface area contributed by atoms with Gasteiger partial charge in [0.05, 0.1) is 12.7 Å². The van der Waals surface area contributed by atoms with Crippen molar-refractivity contribution in [2.24, 2.45) is 52.8 Å². The fraction of sp³-hybridized carbons (Fsp3) is 0.852. The molecule has 0 aromatic heterocycles. The molecule has 0 radical (unpaired) electrons. The monoisotopic (exact) mass is 430 g/mol. The molecule has 0 aliphatic heterocycles. The van der Waals surface area contributed by atoms with Crippen molar-refractivity contribution < 1.29 is 19.4 Å². The Labute approximate surface area is 188 Å². The molecule has 4 nitrogen and oxygen atoms in total. The summed E-state index contributed by atoms with van der Waals surface area (Å²) in [5, 5.41) is 11.7. The Balaban J connectivity index is 1.65. The predicted molar refractivity (Wildman–Crippen MR) is 121 cm³/mol. The number of hydrogen-bond donors (Lipinski definition) is 1. The van der Waals surface area contributed by atoms with E-state index in [1.165, 1.54) is 25.3 Å². The highest BCUT2D eigenvalue weighted by Gasteiger charge is 2.61. The molecule has 10 atom stereocenters. The Kier molecular flexibility index (Phi) is 6.42. The van der Waals surface area contributed by atoms with Gasteiger partial charge in [-0.2, -0.15) is 0 Å². The van der Waals surface area contributed by atoms with Gasteiger partial charge in [0.1, 0.15) is 0 Å². The van der Waals surface area contributed by atoms with Gasteiger partial charge in [0.15, 0.2) is 5.78 Å². The summed E-state index contributed by atoms with van der Waals surface area (Å²) in [6, 6.07) is 0. The van der Waals surface area contributed by atoms with E-state index < -0.39 is 0 Å². The summed E-state index contributed by atoms with van der Waals surface area (Å²) in [5.41, 5.74) is 1.47. The van der Waals surface area contributed by atoms with Gasteiger partial charge in [-0.15, -0.1) is 0 Å². The Hall–Kier alpha value is -1.16.